The zero-order valence-corrected chi connectivity index (χ0v) is 14.1. The van der Waals surface area contributed by atoms with Crippen molar-refractivity contribution in [2.75, 3.05) is 0 Å². The number of benzene rings is 1. The standard InChI is InChI=1S/C18H13Cl2N3O/c19-15-3-4-16(17(20)7-15)18(24)23-9-12-6-14(11-22-8-12)13-2-1-5-21-10-13/h1-8,10-11H,9H2,(H,23,24). The quantitative estimate of drug-likeness (QED) is 0.753. The molecule has 0 fully saturated rings. The van der Waals surface area contributed by atoms with E-state index in [0.717, 1.165) is 16.7 Å². The number of nitrogens with zero attached hydrogens (tertiary/aromatic N) is 2. The minimum Gasteiger partial charge on any atom is -0.348 e. The monoisotopic (exact) mass is 357 g/mol. The van der Waals surface area contributed by atoms with Crippen LogP contribution < -0.4 is 5.32 Å². The molecule has 0 saturated heterocycles. The predicted octanol–water partition coefficient (Wildman–Crippen LogP) is 4.38. The molecule has 0 aliphatic carbocycles. The van der Waals surface area contributed by atoms with Crippen LogP contribution in [0.4, 0.5) is 0 Å². The fraction of sp³-hybridized carbons (Fsp3) is 0.0556. The fourth-order valence-corrected chi connectivity index (χ4v) is 2.72. The molecule has 120 valence electrons. The Bertz CT molecular complexity index is 869. The third-order valence-corrected chi connectivity index (χ3v) is 3.97. The Morgan fingerprint density at radius 3 is 2.58 bits per heavy atom. The van der Waals surface area contributed by atoms with E-state index in [9.17, 15) is 4.79 Å². The van der Waals surface area contributed by atoms with E-state index in [2.05, 4.69) is 15.3 Å². The summed E-state index contributed by atoms with van der Waals surface area (Å²) in [6, 6.07) is 10.6. The van der Waals surface area contributed by atoms with E-state index in [0.29, 0.717) is 22.2 Å². The van der Waals surface area contributed by atoms with Gasteiger partial charge in [0, 0.05) is 47.5 Å². The van der Waals surface area contributed by atoms with Crippen molar-refractivity contribution >= 4 is 29.1 Å². The van der Waals surface area contributed by atoms with Crippen LogP contribution in [-0.2, 0) is 6.54 Å². The molecule has 3 aromatic rings. The second kappa shape index (κ2) is 7.43. The Hall–Kier alpha value is -2.43. The van der Waals surface area contributed by atoms with E-state index in [4.69, 9.17) is 23.2 Å². The van der Waals surface area contributed by atoms with Crippen LogP contribution in [0.1, 0.15) is 15.9 Å². The molecule has 3 rings (SSSR count). The number of rotatable bonds is 4. The molecule has 1 aromatic carbocycles. The van der Waals surface area contributed by atoms with Gasteiger partial charge in [-0.1, -0.05) is 29.3 Å². The molecule has 4 nitrogen and oxygen atoms in total. The van der Waals surface area contributed by atoms with Crippen LogP contribution in [0.2, 0.25) is 10.0 Å². The van der Waals surface area contributed by atoms with Crippen LogP contribution >= 0.6 is 23.2 Å². The van der Waals surface area contributed by atoms with Crippen LogP contribution in [-0.4, -0.2) is 15.9 Å². The van der Waals surface area contributed by atoms with Gasteiger partial charge in [-0.2, -0.15) is 0 Å². The van der Waals surface area contributed by atoms with Crippen molar-refractivity contribution in [1.82, 2.24) is 15.3 Å². The number of carbonyl (C=O) groups is 1. The first-order chi connectivity index (χ1) is 11.6. The van der Waals surface area contributed by atoms with Gasteiger partial charge in [-0.15, -0.1) is 0 Å². The summed E-state index contributed by atoms with van der Waals surface area (Å²) in [5.41, 5.74) is 3.19. The molecule has 0 atom stereocenters. The Labute approximate surface area is 149 Å². The van der Waals surface area contributed by atoms with Gasteiger partial charge in [0.05, 0.1) is 10.6 Å². The molecular weight excluding hydrogens is 345 g/mol. The Balaban J connectivity index is 1.72. The zero-order valence-electron chi connectivity index (χ0n) is 12.5. The lowest BCUT2D eigenvalue weighted by Gasteiger charge is -2.08. The highest BCUT2D eigenvalue weighted by Gasteiger charge is 2.10. The van der Waals surface area contributed by atoms with Crippen molar-refractivity contribution in [1.29, 1.82) is 0 Å². The molecule has 0 spiro atoms. The normalized spacial score (nSPS) is 10.4. The van der Waals surface area contributed by atoms with Crippen molar-refractivity contribution in [3.63, 3.8) is 0 Å². The van der Waals surface area contributed by atoms with Gasteiger partial charge in [0.25, 0.3) is 5.91 Å². The number of hydrogen-bond acceptors (Lipinski definition) is 3. The summed E-state index contributed by atoms with van der Waals surface area (Å²) in [5.74, 6) is -0.261. The molecule has 2 heterocycles. The SMILES string of the molecule is O=C(NCc1cncc(-c2cccnc2)c1)c1ccc(Cl)cc1Cl. The number of halogens is 2. The number of pyridine rings is 2. The average molecular weight is 358 g/mol. The van der Waals surface area contributed by atoms with Crippen molar-refractivity contribution in [2.45, 2.75) is 6.54 Å². The highest BCUT2D eigenvalue weighted by atomic mass is 35.5. The fourth-order valence-electron chi connectivity index (χ4n) is 2.23. The second-order valence-corrected chi connectivity index (χ2v) is 5.97. The van der Waals surface area contributed by atoms with E-state index in [1.165, 1.54) is 0 Å². The first kappa shape index (κ1) is 16.4. The molecule has 0 bridgehead atoms. The summed E-state index contributed by atoms with van der Waals surface area (Å²) in [6.45, 7) is 0.346. The van der Waals surface area contributed by atoms with Crippen LogP contribution in [0.25, 0.3) is 11.1 Å². The summed E-state index contributed by atoms with van der Waals surface area (Å²) in [4.78, 5) is 20.6. The van der Waals surface area contributed by atoms with Crippen molar-refractivity contribution < 1.29 is 4.79 Å². The Morgan fingerprint density at radius 2 is 1.83 bits per heavy atom. The third-order valence-electron chi connectivity index (χ3n) is 3.42. The molecular formula is C18H13Cl2N3O. The summed E-state index contributed by atoms with van der Waals surface area (Å²) in [5, 5.41) is 3.64. The maximum absolute atomic E-state index is 12.2. The van der Waals surface area contributed by atoms with Crippen LogP contribution in [0, 0.1) is 0 Å². The van der Waals surface area contributed by atoms with E-state index in [-0.39, 0.29) is 5.91 Å². The third kappa shape index (κ3) is 3.91. The molecule has 0 unspecified atom stereocenters. The maximum atomic E-state index is 12.2. The topological polar surface area (TPSA) is 54.9 Å². The number of nitrogens with one attached hydrogen (secondary N) is 1. The number of amides is 1. The molecule has 6 heteroatoms. The molecule has 24 heavy (non-hydrogen) atoms. The lowest BCUT2D eigenvalue weighted by atomic mass is 10.1. The first-order valence-corrected chi connectivity index (χ1v) is 7.96. The van der Waals surface area contributed by atoms with Crippen LogP contribution in [0.3, 0.4) is 0 Å². The molecule has 0 aliphatic rings. The molecule has 0 radical (unpaired) electrons. The molecule has 0 saturated carbocycles. The largest absolute Gasteiger partial charge is 0.348 e. The number of aromatic nitrogens is 2. The first-order valence-electron chi connectivity index (χ1n) is 7.21. The van der Waals surface area contributed by atoms with Gasteiger partial charge >= 0.3 is 0 Å². The minimum atomic E-state index is -0.261. The van der Waals surface area contributed by atoms with E-state index >= 15 is 0 Å². The van der Waals surface area contributed by atoms with E-state index < -0.39 is 0 Å². The smallest absolute Gasteiger partial charge is 0.253 e. The van der Waals surface area contributed by atoms with E-state index in [1.807, 2.05) is 18.2 Å². The minimum absolute atomic E-state index is 0.261. The Kier molecular flexibility index (Phi) is 5.08. The van der Waals surface area contributed by atoms with Gasteiger partial charge in [0.1, 0.15) is 0 Å². The van der Waals surface area contributed by atoms with Gasteiger partial charge in [-0.25, -0.2) is 0 Å². The van der Waals surface area contributed by atoms with Crippen molar-refractivity contribution in [3.8, 4) is 11.1 Å². The lowest BCUT2D eigenvalue weighted by Crippen LogP contribution is -2.23. The van der Waals surface area contributed by atoms with E-state index in [1.54, 1.807) is 43.0 Å². The molecule has 1 amide bonds. The number of carbonyl (C=O) groups excluding carboxylic acids is 1. The summed E-state index contributed by atoms with van der Waals surface area (Å²) < 4.78 is 0. The zero-order chi connectivity index (χ0) is 16.9. The van der Waals surface area contributed by atoms with Gasteiger partial charge in [0.15, 0.2) is 0 Å². The molecule has 0 aliphatic heterocycles. The lowest BCUT2D eigenvalue weighted by molar-refractivity contribution is 0.0951. The highest BCUT2D eigenvalue weighted by Crippen LogP contribution is 2.21. The molecule has 1 N–H and O–H groups in total. The predicted molar refractivity (Wildman–Crippen MR) is 95.1 cm³/mol. The van der Waals surface area contributed by atoms with Crippen LogP contribution in [0.15, 0.2) is 61.2 Å². The number of hydrogen-bond donors (Lipinski definition) is 1. The van der Waals surface area contributed by atoms with Crippen molar-refractivity contribution in [2.24, 2.45) is 0 Å². The second-order valence-electron chi connectivity index (χ2n) is 5.13. The van der Waals surface area contributed by atoms with Crippen molar-refractivity contribution in [3.05, 3.63) is 82.4 Å². The Morgan fingerprint density at radius 1 is 1.00 bits per heavy atom. The van der Waals surface area contributed by atoms with Gasteiger partial charge in [-0.3, -0.25) is 14.8 Å². The van der Waals surface area contributed by atoms with Crippen LogP contribution in [0.5, 0.6) is 0 Å². The van der Waals surface area contributed by atoms with Gasteiger partial charge in [-0.05, 0) is 35.9 Å². The summed E-state index contributed by atoms with van der Waals surface area (Å²) in [6.07, 6.45) is 6.96. The van der Waals surface area contributed by atoms with Gasteiger partial charge < -0.3 is 5.32 Å². The highest BCUT2D eigenvalue weighted by molar-refractivity contribution is 6.36. The van der Waals surface area contributed by atoms with Gasteiger partial charge in [0.2, 0.25) is 0 Å². The molecule has 2 aromatic heterocycles. The maximum Gasteiger partial charge on any atom is 0.253 e. The summed E-state index contributed by atoms with van der Waals surface area (Å²) in [7, 11) is 0. The average Bonchev–Trinajstić information content (AvgIpc) is 2.61. The summed E-state index contributed by atoms with van der Waals surface area (Å²) >= 11 is 11.9.